The molecule has 0 aliphatic carbocycles. The van der Waals surface area contributed by atoms with Crippen molar-refractivity contribution in [3.63, 3.8) is 0 Å². The number of para-hydroxylation sites is 1. The Morgan fingerprint density at radius 2 is 1.93 bits per heavy atom. The summed E-state index contributed by atoms with van der Waals surface area (Å²) in [7, 11) is 0. The number of nitrogens with two attached hydrogens (primary N) is 1. The fraction of sp³-hybridized carbons (Fsp3) is 0.333. The molecule has 0 saturated carbocycles. The van der Waals surface area contributed by atoms with E-state index in [0.717, 1.165) is 6.07 Å². The minimum Gasteiger partial charge on any atom is -0.398 e. The van der Waals surface area contributed by atoms with Crippen molar-refractivity contribution < 1.29 is 13.2 Å². The Labute approximate surface area is 85.5 Å². The fourth-order valence-electron chi connectivity index (χ4n) is 1.19. The van der Waals surface area contributed by atoms with Crippen molar-refractivity contribution in [2.75, 3.05) is 5.73 Å². The predicted molar refractivity (Wildman–Crippen MR) is 53.3 cm³/mol. The molecule has 0 aliphatic rings. The number of alkyl halides is 3. The highest BCUT2D eigenvalue weighted by Gasteiger charge is 2.33. The van der Waals surface area contributed by atoms with Gasteiger partial charge in [0.15, 0.2) is 0 Å². The normalized spacial score (nSPS) is 14.1. The van der Waals surface area contributed by atoms with Crippen molar-refractivity contribution in [2.45, 2.75) is 18.3 Å². The minimum atomic E-state index is -4.40. The van der Waals surface area contributed by atoms with E-state index in [-0.39, 0.29) is 10.9 Å². The molecule has 0 fully saturated rings. The molecule has 1 nitrogen and oxygen atoms in total. The summed E-state index contributed by atoms with van der Waals surface area (Å²) in [5, 5.41) is -0.308. The first-order chi connectivity index (χ1) is 6.34. The lowest BCUT2D eigenvalue weighted by Gasteiger charge is -2.14. The van der Waals surface area contributed by atoms with Crippen LogP contribution >= 0.6 is 12.6 Å². The van der Waals surface area contributed by atoms with E-state index in [0.29, 0.717) is 5.56 Å². The molecule has 0 aliphatic heterocycles. The fourth-order valence-corrected chi connectivity index (χ4v) is 1.42. The van der Waals surface area contributed by atoms with E-state index >= 15 is 0 Å². The molecule has 0 spiro atoms. The third-order valence-corrected chi connectivity index (χ3v) is 2.17. The van der Waals surface area contributed by atoms with Crippen molar-refractivity contribution in [3.05, 3.63) is 29.3 Å². The first-order valence-corrected chi connectivity index (χ1v) is 4.49. The molecular weight excluding hydrogens is 211 g/mol. The van der Waals surface area contributed by atoms with Crippen LogP contribution in [-0.4, -0.2) is 0 Å². The third kappa shape index (κ3) is 2.15. The third-order valence-electron chi connectivity index (χ3n) is 1.90. The summed E-state index contributed by atoms with van der Waals surface area (Å²) in [5.74, 6) is 0. The first-order valence-electron chi connectivity index (χ1n) is 3.97. The molecule has 1 unspecified atom stereocenters. The van der Waals surface area contributed by atoms with Gasteiger partial charge < -0.3 is 5.73 Å². The van der Waals surface area contributed by atoms with Gasteiger partial charge in [-0.2, -0.15) is 25.8 Å². The van der Waals surface area contributed by atoms with Crippen LogP contribution < -0.4 is 5.73 Å². The summed E-state index contributed by atoms with van der Waals surface area (Å²) < 4.78 is 37.2. The molecule has 0 radical (unpaired) electrons. The van der Waals surface area contributed by atoms with Gasteiger partial charge in [0.05, 0.1) is 5.56 Å². The molecule has 0 saturated heterocycles. The van der Waals surface area contributed by atoms with Crippen LogP contribution in [0.2, 0.25) is 0 Å². The van der Waals surface area contributed by atoms with Gasteiger partial charge in [0.1, 0.15) is 0 Å². The first kappa shape index (κ1) is 11.2. The van der Waals surface area contributed by atoms with Crippen molar-refractivity contribution in [2.24, 2.45) is 0 Å². The van der Waals surface area contributed by atoms with E-state index in [1.165, 1.54) is 6.07 Å². The van der Waals surface area contributed by atoms with E-state index in [4.69, 9.17) is 5.73 Å². The molecule has 1 aromatic rings. The Morgan fingerprint density at radius 3 is 2.36 bits per heavy atom. The Bertz CT molecular complexity index is 333. The van der Waals surface area contributed by atoms with Crippen molar-refractivity contribution in [1.82, 2.24) is 0 Å². The van der Waals surface area contributed by atoms with Crippen LogP contribution in [0.1, 0.15) is 23.3 Å². The highest BCUT2D eigenvalue weighted by Crippen LogP contribution is 2.37. The molecule has 1 rings (SSSR count). The SMILES string of the molecule is CC(S)c1cccc(C(F)(F)F)c1N. The summed E-state index contributed by atoms with van der Waals surface area (Å²) >= 11 is 4.05. The predicted octanol–water partition coefficient (Wildman–Crippen LogP) is 3.28. The zero-order chi connectivity index (χ0) is 10.9. The lowest BCUT2D eigenvalue weighted by molar-refractivity contribution is -0.136. The summed E-state index contributed by atoms with van der Waals surface area (Å²) in [6, 6.07) is 3.85. The minimum absolute atomic E-state index is 0.234. The second kappa shape index (κ2) is 3.73. The second-order valence-corrected chi connectivity index (χ2v) is 3.76. The Kier molecular flexibility index (Phi) is 2.99. The van der Waals surface area contributed by atoms with Crippen molar-refractivity contribution in [1.29, 1.82) is 0 Å². The number of benzene rings is 1. The van der Waals surface area contributed by atoms with E-state index in [2.05, 4.69) is 12.6 Å². The van der Waals surface area contributed by atoms with Crippen LogP contribution in [-0.2, 0) is 6.18 Å². The molecule has 1 aromatic carbocycles. The molecule has 78 valence electrons. The molecule has 0 amide bonds. The quantitative estimate of drug-likeness (QED) is 0.552. The lowest BCUT2D eigenvalue weighted by Crippen LogP contribution is -2.10. The van der Waals surface area contributed by atoms with Crippen LogP contribution in [0.15, 0.2) is 18.2 Å². The van der Waals surface area contributed by atoms with E-state index in [1.807, 2.05) is 0 Å². The Morgan fingerprint density at radius 1 is 1.36 bits per heavy atom. The summed E-state index contributed by atoms with van der Waals surface area (Å²) in [4.78, 5) is 0. The molecule has 0 heterocycles. The molecule has 14 heavy (non-hydrogen) atoms. The number of hydrogen-bond donors (Lipinski definition) is 2. The van der Waals surface area contributed by atoms with Gasteiger partial charge in [-0.3, -0.25) is 0 Å². The highest BCUT2D eigenvalue weighted by atomic mass is 32.1. The maximum atomic E-state index is 12.4. The molecule has 1 atom stereocenters. The van der Waals surface area contributed by atoms with Crippen LogP contribution in [0, 0.1) is 0 Å². The number of halogens is 3. The standard InChI is InChI=1S/C9H10F3NS/c1-5(14)6-3-2-4-7(8(6)13)9(10,11)12/h2-5,14H,13H2,1H3. The van der Waals surface area contributed by atoms with Gasteiger partial charge in [-0.15, -0.1) is 0 Å². The topological polar surface area (TPSA) is 26.0 Å². The van der Waals surface area contributed by atoms with Gasteiger partial charge in [0, 0.05) is 10.9 Å². The van der Waals surface area contributed by atoms with Crippen molar-refractivity contribution >= 4 is 18.3 Å². The summed E-state index contributed by atoms with van der Waals surface area (Å²) in [5.41, 5.74) is 4.78. The van der Waals surface area contributed by atoms with Gasteiger partial charge in [-0.25, -0.2) is 0 Å². The smallest absolute Gasteiger partial charge is 0.398 e. The maximum Gasteiger partial charge on any atom is 0.418 e. The molecule has 5 heteroatoms. The Balaban J connectivity index is 3.28. The van der Waals surface area contributed by atoms with Gasteiger partial charge in [-0.05, 0) is 18.6 Å². The monoisotopic (exact) mass is 221 g/mol. The maximum absolute atomic E-state index is 12.4. The van der Waals surface area contributed by atoms with Gasteiger partial charge in [-0.1, -0.05) is 12.1 Å². The van der Waals surface area contributed by atoms with Crippen LogP contribution in [0.25, 0.3) is 0 Å². The number of hydrogen-bond acceptors (Lipinski definition) is 2. The average molecular weight is 221 g/mol. The van der Waals surface area contributed by atoms with Gasteiger partial charge >= 0.3 is 6.18 Å². The van der Waals surface area contributed by atoms with E-state index in [1.54, 1.807) is 13.0 Å². The van der Waals surface area contributed by atoms with Crippen LogP contribution in [0.4, 0.5) is 18.9 Å². The number of rotatable bonds is 1. The lowest BCUT2D eigenvalue weighted by atomic mass is 10.0. The van der Waals surface area contributed by atoms with Crippen LogP contribution in [0.3, 0.4) is 0 Å². The Hall–Kier alpha value is -0.840. The molecule has 0 bridgehead atoms. The molecule has 2 N–H and O–H groups in total. The van der Waals surface area contributed by atoms with Crippen molar-refractivity contribution in [3.8, 4) is 0 Å². The summed E-state index contributed by atoms with van der Waals surface area (Å²) in [6.07, 6.45) is -4.40. The second-order valence-electron chi connectivity index (χ2n) is 2.98. The molecule has 0 aromatic heterocycles. The van der Waals surface area contributed by atoms with Gasteiger partial charge in [0.2, 0.25) is 0 Å². The zero-order valence-corrected chi connectivity index (χ0v) is 8.36. The van der Waals surface area contributed by atoms with E-state index < -0.39 is 11.7 Å². The highest BCUT2D eigenvalue weighted by molar-refractivity contribution is 7.80. The number of anilines is 1. The van der Waals surface area contributed by atoms with E-state index in [9.17, 15) is 13.2 Å². The zero-order valence-electron chi connectivity index (χ0n) is 7.47. The number of thiol groups is 1. The average Bonchev–Trinajstić information content (AvgIpc) is 2.01. The van der Waals surface area contributed by atoms with Gasteiger partial charge in [0.25, 0.3) is 0 Å². The van der Waals surface area contributed by atoms with Crippen LogP contribution in [0.5, 0.6) is 0 Å². The largest absolute Gasteiger partial charge is 0.418 e. The molecular formula is C9H10F3NS. The summed E-state index contributed by atoms with van der Waals surface area (Å²) in [6.45, 7) is 1.68. The number of nitrogen functional groups attached to an aromatic ring is 1.